The molecule has 2 aromatic carbocycles. The third-order valence-electron chi connectivity index (χ3n) is 5.13. The van der Waals surface area contributed by atoms with Crippen LogP contribution >= 0.6 is 0 Å². The van der Waals surface area contributed by atoms with Crippen molar-refractivity contribution in [3.05, 3.63) is 126 Å². The molecule has 160 valence electrons. The second-order valence-corrected chi connectivity index (χ2v) is 7.53. The zero-order valence-electron chi connectivity index (χ0n) is 17.8. The molecule has 0 aliphatic carbocycles. The first-order chi connectivity index (χ1) is 15.8. The fraction of sp³-hybridized carbons (Fsp3) is 0.148. The van der Waals surface area contributed by atoms with Gasteiger partial charge in [0.2, 0.25) is 0 Å². The van der Waals surface area contributed by atoms with E-state index in [1.165, 1.54) is 5.56 Å². The minimum absolute atomic E-state index is 0.0306. The second-order valence-electron chi connectivity index (χ2n) is 7.53. The van der Waals surface area contributed by atoms with E-state index in [0.717, 1.165) is 28.9 Å². The Balaban J connectivity index is 1.46. The van der Waals surface area contributed by atoms with Crippen LogP contribution in [0, 0.1) is 0 Å². The van der Waals surface area contributed by atoms with Crippen LogP contribution in [0.5, 0.6) is 5.75 Å². The van der Waals surface area contributed by atoms with Gasteiger partial charge in [-0.2, -0.15) is 0 Å². The average molecular weight is 424 g/mol. The van der Waals surface area contributed by atoms with Crippen LogP contribution in [0.2, 0.25) is 0 Å². The van der Waals surface area contributed by atoms with Crippen LogP contribution in [0.15, 0.2) is 104 Å². The Kier molecular flexibility index (Phi) is 7.21. The topological polar surface area (TPSA) is 55.3 Å². The molecule has 0 unspecified atom stereocenters. The van der Waals surface area contributed by atoms with Gasteiger partial charge in [0.1, 0.15) is 5.75 Å². The van der Waals surface area contributed by atoms with Gasteiger partial charge in [0.25, 0.3) is 5.91 Å². The van der Waals surface area contributed by atoms with Crippen molar-refractivity contribution in [3.8, 4) is 5.75 Å². The van der Waals surface area contributed by atoms with Crippen molar-refractivity contribution in [2.75, 3.05) is 6.61 Å². The lowest BCUT2D eigenvalue weighted by Gasteiger charge is -2.23. The van der Waals surface area contributed by atoms with E-state index >= 15 is 0 Å². The highest BCUT2D eigenvalue weighted by molar-refractivity contribution is 5.77. The number of carbonyl (C=O) groups is 1. The molecular formula is C27H25N3O2. The van der Waals surface area contributed by atoms with Crippen molar-refractivity contribution >= 4 is 5.91 Å². The van der Waals surface area contributed by atoms with Gasteiger partial charge in [0.15, 0.2) is 6.61 Å². The molecule has 4 aromatic rings. The first kappa shape index (κ1) is 21.2. The van der Waals surface area contributed by atoms with Crippen LogP contribution in [0.25, 0.3) is 0 Å². The molecule has 5 heteroatoms. The van der Waals surface area contributed by atoms with Crippen LogP contribution in [-0.2, 0) is 24.3 Å². The summed E-state index contributed by atoms with van der Waals surface area (Å²) in [6, 6.07) is 25.8. The molecule has 1 amide bonds. The summed E-state index contributed by atoms with van der Waals surface area (Å²) in [4.78, 5) is 23.2. The molecule has 0 spiro atoms. The lowest BCUT2D eigenvalue weighted by molar-refractivity contribution is -0.134. The molecule has 2 heterocycles. The van der Waals surface area contributed by atoms with Gasteiger partial charge in [-0.3, -0.25) is 14.8 Å². The highest BCUT2D eigenvalue weighted by atomic mass is 16.5. The smallest absolute Gasteiger partial charge is 0.261 e. The number of amides is 1. The maximum absolute atomic E-state index is 13.2. The number of hydrogen-bond acceptors (Lipinski definition) is 4. The molecular weight excluding hydrogens is 398 g/mol. The number of para-hydroxylation sites is 1. The van der Waals surface area contributed by atoms with Gasteiger partial charge in [-0.15, -0.1) is 0 Å². The Bertz CT molecular complexity index is 1080. The number of aromatic nitrogens is 2. The van der Waals surface area contributed by atoms with E-state index in [-0.39, 0.29) is 12.5 Å². The highest BCUT2D eigenvalue weighted by Crippen LogP contribution is 2.22. The van der Waals surface area contributed by atoms with Crippen molar-refractivity contribution < 1.29 is 9.53 Å². The minimum atomic E-state index is -0.0832. The summed E-state index contributed by atoms with van der Waals surface area (Å²) in [6.45, 7) is 0.909. The standard InChI is InChI=1S/C27H25N3O2/c31-27(21-32-26-11-5-4-10-25(26)17-22-7-2-1-3-8-22)30(19-23-12-15-28-16-13-23)20-24-9-6-14-29-18-24/h1-16,18H,17,19-21H2. The Labute approximate surface area is 188 Å². The zero-order chi connectivity index (χ0) is 22.0. The van der Waals surface area contributed by atoms with E-state index < -0.39 is 0 Å². The number of ether oxygens (including phenoxy) is 1. The van der Waals surface area contributed by atoms with Gasteiger partial charge >= 0.3 is 0 Å². The number of hydrogen-bond donors (Lipinski definition) is 0. The van der Waals surface area contributed by atoms with Gasteiger partial charge in [0, 0.05) is 44.3 Å². The van der Waals surface area contributed by atoms with E-state index in [1.807, 2.05) is 66.7 Å². The molecule has 5 nitrogen and oxygen atoms in total. The lowest BCUT2D eigenvalue weighted by Crippen LogP contribution is -2.34. The summed E-state index contributed by atoms with van der Waals surface area (Å²) in [5.74, 6) is 0.648. The molecule has 0 aliphatic rings. The second kappa shape index (κ2) is 10.9. The molecule has 0 fully saturated rings. The number of pyridine rings is 2. The van der Waals surface area contributed by atoms with E-state index in [0.29, 0.717) is 13.1 Å². The third-order valence-corrected chi connectivity index (χ3v) is 5.13. The fourth-order valence-corrected chi connectivity index (χ4v) is 3.49. The van der Waals surface area contributed by atoms with Gasteiger partial charge in [-0.05, 0) is 46.5 Å². The Morgan fingerprint density at radius 3 is 2.22 bits per heavy atom. The Morgan fingerprint density at radius 1 is 0.719 bits per heavy atom. The highest BCUT2D eigenvalue weighted by Gasteiger charge is 2.16. The molecule has 32 heavy (non-hydrogen) atoms. The largest absolute Gasteiger partial charge is 0.483 e. The van der Waals surface area contributed by atoms with Crippen molar-refractivity contribution in [1.82, 2.24) is 14.9 Å². The summed E-state index contributed by atoms with van der Waals surface area (Å²) in [5.41, 5.74) is 4.24. The van der Waals surface area contributed by atoms with Gasteiger partial charge < -0.3 is 9.64 Å². The van der Waals surface area contributed by atoms with Crippen LogP contribution in [0.4, 0.5) is 0 Å². The van der Waals surface area contributed by atoms with E-state index in [2.05, 4.69) is 22.1 Å². The van der Waals surface area contributed by atoms with Crippen LogP contribution in [0.1, 0.15) is 22.3 Å². The quantitative estimate of drug-likeness (QED) is 0.392. The maximum Gasteiger partial charge on any atom is 0.261 e. The molecule has 0 saturated heterocycles. The van der Waals surface area contributed by atoms with Crippen molar-refractivity contribution in [2.45, 2.75) is 19.5 Å². The van der Waals surface area contributed by atoms with Crippen LogP contribution < -0.4 is 4.74 Å². The SMILES string of the molecule is O=C(COc1ccccc1Cc1ccccc1)N(Cc1ccncc1)Cc1cccnc1. The molecule has 0 atom stereocenters. The van der Waals surface area contributed by atoms with Gasteiger partial charge in [-0.1, -0.05) is 54.6 Å². The van der Waals surface area contributed by atoms with Crippen LogP contribution in [0.3, 0.4) is 0 Å². The van der Waals surface area contributed by atoms with E-state index in [1.54, 1.807) is 29.7 Å². The summed E-state index contributed by atoms with van der Waals surface area (Å²) in [6.07, 6.45) is 7.73. The van der Waals surface area contributed by atoms with Crippen molar-refractivity contribution in [2.24, 2.45) is 0 Å². The average Bonchev–Trinajstić information content (AvgIpc) is 2.85. The third kappa shape index (κ3) is 6.01. The lowest BCUT2D eigenvalue weighted by atomic mass is 10.0. The minimum Gasteiger partial charge on any atom is -0.483 e. The van der Waals surface area contributed by atoms with Crippen molar-refractivity contribution in [1.29, 1.82) is 0 Å². The first-order valence-electron chi connectivity index (χ1n) is 10.6. The zero-order valence-corrected chi connectivity index (χ0v) is 17.8. The summed E-state index contributed by atoms with van der Waals surface area (Å²) >= 11 is 0. The predicted octanol–water partition coefficient (Wildman–Crippen LogP) is 4.68. The number of nitrogens with zero attached hydrogens (tertiary/aromatic N) is 3. The molecule has 0 radical (unpaired) electrons. The number of rotatable bonds is 9. The first-order valence-corrected chi connectivity index (χ1v) is 10.6. The summed E-state index contributed by atoms with van der Waals surface area (Å²) in [7, 11) is 0. The molecule has 0 bridgehead atoms. The van der Waals surface area contributed by atoms with Crippen molar-refractivity contribution in [3.63, 3.8) is 0 Å². The predicted molar refractivity (Wildman–Crippen MR) is 124 cm³/mol. The summed E-state index contributed by atoms with van der Waals surface area (Å²) in [5, 5.41) is 0. The molecule has 0 N–H and O–H groups in total. The van der Waals surface area contributed by atoms with E-state index in [4.69, 9.17) is 4.74 Å². The normalized spacial score (nSPS) is 10.5. The maximum atomic E-state index is 13.2. The Hall–Kier alpha value is -3.99. The molecule has 0 aliphatic heterocycles. The molecule has 2 aromatic heterocycles. The molecule has 0 saturated carbocycles. The molecule has 4 rings (SSSR count). The fourth-order valence-electron chi connectivity index (χ4n) is 3.49. The van der Waals surface area contributed by atoms with Gasteiger partial charge in [0.05, 0.1) is 0 Å². The monoisotopic (exact) mass is 423 g/mol. The number of carbonyl (C=O) groups excluding carboxylic acids is 1. The Morgan fingerprint density at radius 2 is 1.44 bits per heavy atom. The van der Waals surface area contributed by atoms with Gasteiger partial charge in [-0.25, -0.2) is 0 Å². The summed E-state index contributed by atoms with van der Waals surface area (Å²) < 4.78 is 6.01. The number of benzene rings is 2. The van der Waals surface area contributed by atoms with E-state index in [9.17, 15) is 4.79 Å². The van der Waals surface area contributed by atoms with Crippen LogP contribution in [-0.4, -0.2) is 27.4 Å².